The van der Waals surface area contributed by atoms with Gasteiger partial charge in [0.05, 0.1) is 14.2 Å². The molecule has 0 spiro atoms. The zero-order valence-corrected chi connectivity index (χ0v) is 16.5. The van der Waals surface area contributed by atoms with Gasteiger partial charge in [-0.2, -0.15) is 0 Å². The molecule has 0 aromatic heterocycles. The van der Waals surface area contributed by atoms with Gasteiger partial charge >= 0.3 is 0 Å². The van der Waals surface area contributed by atoms with Crippen LogP contribution in [-0.2, 0) is 17.6 Å². The second-order valence-corrected chi connectivity index (χ2v) is 6.62. The maximum atomic E-state index is 12.1. The van der Waals surface area contributed by atoms with Crippen LogP contribution in [-0.4, -0.2) is 39.9 Å². The number of fused-ring (bicyclic) bond motifs is 1. The molecule has 1 amide bonds. The van der Waals surface area contributed by atoms with Gasteiger partial charge in [0.1, 0.15) is 13.2 Å². The molecule has 6 nitrogen and oxygen atoms in total. The van der Waals surface area contributed by atoms with Crippen LogP contribution < -0.4 is 24.3 Å². The average Bonchev–Trinajstić information content (AvgIpc) is 2.73. The topological polar surface area (TPSA) is 66.0 Å². The van der Waals surface area contributed by atoms with Gasteiger partial charge in [-0.3, -0.25) is 4.79 Å². The molecule has 0 bridgehead atoms. The van der Waals surface area contributed by atoms with E-state index in [1.165, 1.54) is 0 Å². The van der Waals surface area contributed by atoms with Crippen molar-refractivity contribution in [2.45, 2.75) is 25.7 Å². The Morgan fingerprint density at radius 2 is 1.64 bits per heavy atom. The maximum absolute atomic E-state index is 12.1. The molecule has 1 N–H and O–H groups in total. The Bertz CT molecular complexity index is 758. The molecule has 150 valence electrons. The number of benzene rings is 2. The second kappa shape index (κ2) is 9.88. The molecule has 6 heteroatoms. The third kappa shape index (κ3) is 5.31. The van der Waals surface area contributed by atoms with E-state index in [1.54, 1.807) is 14.2 Å². The Morgan fingerprint density at radius 1 is 0.929 bits per heavy atom. The number of amides is 1. The van der Waals surface area contributed by atoms with Crippen molar-refractivity contribution in [3.05, 3.63) is 47.5 Å². The average molecular weight is 385 g/mol. The van der Waals surface area contributed by atoms with Crippen LogP contribution >= 0.6 is 0 Å². The molecule has 0 unspecified atom stereocenters. The van der Waals surface area contributed by atoms with Gasteiger partial charge in [0.25, 0.3) is 0 Å². The number of carbonyl (C=O) groups excluding carboxylic acids is 1. The summed E-state index contributed by atoms with van der Waals surface area (Å²) >= 11 is 0. The molecule has 0 atom stereocenters. The van der Waals surface area contributed by atoms with E-state index in [2.05, 4.69) is 5.32 Å². The Morgan fingerprint density at radius 3 is 2.43 bits per heavy atom. The predicted octanol–water partition coefficient (Wildman–Crippen LogP) is 3.16. The van der Waals surface area contributed by atoms with Gasteiger partial charge in [-0.25, -0.2) is 0 Å². The van der Waals surface area contributed by atoms with Crippen molar-refractivity contribution >= 4 is 5.91 Å². The lowest BCUT2D eigenvalue weighted by atomic mass is 10.1. The van der Waals surface area contributed by atoms with Crippen molar-refractivity contribution in [2.75, 3.05) is 34.0 Å². The molecule has 0 saturated carbocycles. The van der Waals surface area contributed by atoms with Crippen LogP contribution in [0.4, 0.5) is 0 Å². The Labute approximate surface area is 165 Å². The fraction of sp³-hybridized carbons (Fsp3) is 0.409. The first-order valence-corrected chi connectivity index (χ1v) is 9.55. The first-order chi connectivity index (χ1) is 13.7. The molecule has 0 saturated heterocycles. The number of hydrogen-bond donors (Lipinski definition) is 1. The summed E-state index contributed by atoms with van der Waals surface area (Å²) in [4.78, 5) is 12.1. The van der Waals surface area contributed by atoms with Crippen LogP contribution in [0.15, 0.2) is 36.4 Å². The lowest BCUT2D eigenvalue weighted by molar-refractivity contribution is -0.121. The van der Waals surface area contributed by atoms with E-state index in [9.17, 15) is 4.79 Å². The normalized spacial score (nSPS) is 12.4. The van der Waals surface area contributed by atoms with E-state index in [0.717, 1.165) is 41.9 Å². The molecule has 1 aliphatic heterocycles. The van der Waals surface area contributed by atoms with Gasteiger partial charge < -0.3 is 24.3 Å². The lowest BCUT2D eigenvalue weighted by Gasteiger charge is -2.18. The van der Waals surface area contributed by atoms with Crippen molar-refractivity contribution in [2.24, 2.45) is 0 Å². The third-order valence-corrected chi connectivity index (χ3v) is 4.66. The molecule has 1 heterocycles. The summed E-state index contributed by atoms with van der Waals surface area (Å²) in [6.45, 7) is 1.77. The van der Waals surface area contributed by atoms with Gasteiger partial charge in [0, 0.05) is 13.0 Å². The number of hydrogen-bond acceptors (Lipinski definition) is 5. The van der Waals surface area contributed by atoms with Crippen molar-refractivity contribution in [1.82, 2.24) is 5.32 Å². The van der Waals surface area contributed by atoms with E-state index in [0.29, 0.717) is 37.7 Å². The summed E-state index contributed by atoms with van der Waals surface area (Å²) in [5, 5.41) is 2.98. The van der Waals surface area contributed by atoms with Crippen molar-refractivity contribution < 1.29 is 23.7 Å². The minimum atomic E-state index is 0.0676. The summed E-state index contributed by atoms with van der Waals surface area (Å²) in [5.41, 5.74) is 2.25. The molecule has 28 heavy (non-hydrogen) atoms. The number of methoxy groups -OCH3 is 2. The molecule has 1 aliphatic rings. The summed E-state index contributed by atoms with van der Waals surface area (Å²) in [5.74, 6) is 3.06. The van der Waals surface area contributed by atoms with E-state index in [1.807, 2.05) is 36.4 Å². The molecule has 2 aromatic carbocycles. The Hall–Kier alpha value is -2.89. The van der Waals surface area contributed by atoms with Crippen LogP contribution in [0.3, 0.4) is 0 Å². The molecule has 0 radical (unpaired) electrons. The minimum absolute atomic E-state index is 0.0676. The molecule has 0 fully saturated rings. The number of nitrogens with one attached hydrogen (secondary N) is 1. The van der Waals surface area contributed by atoms with Gasteiger partial charge in [0.2, 0.25) is 5.91 Å². The molecule has 2 aromatic rings. The summed E-state index contributed by atoms with van der Waals surface area (Å²) in [6, 6.07) is 11.8. The summed E-state index contributed by atoms with van der Waals surface area (Å²) < 4.78 is 21.7. The van der Waals surface area contributed by atoms with Crippen LogP contribution in [0.5, 0.6) is 23.0 Å². The van der Waals surface area contributed by atoms with Crippen molar-refractivity contribution in [3.63, 3.8) is 0 Å². The highest BCUT2D eigenvalue weighted by Crippen LogP contribution is 2.31. The standard InChI is InChI=1S/C22H27NO5/c1-25-18-8-6-17(14-20(18)26-2)10-11-23-22(24)5-3-4-16-7-9-19-21(15-16)28-13-12-27-19/h6-9,14-15H,3-5,10-13H2,1-2H3,(H,23,24). The monoisotopic (exact) mass is 385 g/mol. The Balaban J connectivity index is 1.38. The van der Waals surface area contributed by atoms with Crippen LogP contribution in [0.2, 0.25) is 0 Å². The smallest absolute Gasteiger partial charge is 0.220 e. The van der Waals surface area contributed by atoms with Gasteiger partial charge in [-0.05, 0) is 54.7 Å². The fourth-order valence-corrected chi connectivity index (χ4v) is 3.17. The third-order valence-electron chi connectivity index (χ3n) is 4.66. The zero-order chi connectivity index (χ0) is 19.8. The number of rotatable bonds is 9. The lowest BCUT2D eigenvalue weighted by Crippen LogP contribution is -2.25. The first kappa shape index (κ1) is 19.9. The van der Waals surface area contributed by atoms with Gasteiger partial charge in [-0.1, -0.05) is 12.1 Å². The molecule has 3 rings (SSSR count). The molecular weight excluding hydrogens is 358 g/mol. The van der Waals surface area contributed by atoms with E-state index >= 15 is 0 Å². The fourth-order valence-electron chi connectivity index (χ4n) is 3.17. The van der Waals surface area contributed by atoms with Gasteiger partial charge in [0.15, 0.2) is 23.0 Å². The van der Waals surface area contributed by atoms with E-state index in [-0.39, 0.29) is 5.91 Å². The van der Waals surface area contributed by atoms with E-state index in [4.69, 9.17) is 18.9 Å². The first-order valence-electron chi connectivity index (χ1n) is 9.55. The number of ether oxygens (including phenoxy) is 4. The second-order valence-electron chi connectivity index (χ2n) is 6.62. The summed E-state index contributed by atoms with van der Waals surface area (Å²) in [6.07, 6.45) is 2.87. The van der Waals surface area contributed by atoms with Crippen molar-refractivity contribution in [1.29, 1.82) is 0 Å². The highest BCUT2D eigenvalue weighted by atomic mass is 16.6. The maximum Gasteiger partial charge on any atom is 0.220 e. The van der Waals surface area contributed by atoms with Crippen LogP contribution in [0, 0.1) is 0 Å². The highest BCUT2D eigenvalue weighted by Gasteiger charge is 2.12. The van der Waals surface area contributed by atoms with Crippen LogP contribution in [0.1, 0.15) is 24.0 Å². The Kier molecular flexibility index (Phi) is 7.00. The van der Waals surface area contributed by atoms with Gasteiger partial charge in [-0.15, -0.1) is 0 Å². The minimum Gasteiger partial charge on any atom is -0.493 e. The number of carbonyl (C=O) groups is 1. The summed E-state index contributed by atoms with van der Waals surface area (Å²) in [7, 11) is 3.23. The predicted molar refractivity (Wildman–Crippen MR) is 107 cm³/mol. The molecular formula is C22H27NO5. The largest absolute Gasteiger partial charge is 0.493 e. The molecule has 0 aliphatic carbocycles. The zero-order valence-electron chi connectivity index (χ0n) is 16.5. The SMILES string of the molecule is COc1ccc(CCNC(=O)CCCc2ccc3c(c2)OCCO3)cc1OC. The van der Waals surface area contributed by atoms with E-state index < -0.39 is 0 Å². The number of aryl methyl sites for hydroxylation is 1. The van der Waals surface area contributed by atoms with Crippen LogP contribution in [0.25, 0.3) is 0 Å². The quantitative estimate of drug-likeness (QED) is 0.718. The van der Waals surface area contributed by atoms with Crippen molar-refractivity contribution in [3.8, 4) is 23.0 Å². The highest BCUT2D eigenvalue weighted by molar-refractivity contribution is 5.75.